The minimum Gasteiger partial charge on any atom is -0.382 e. The maximum Gasteiger partial charge on any atom is 0.251 e. The summed E-state index contributed by atoms with van der Waals surface area (Å²) in [6, 6.07) is 7.81. The van der Waals surface area contributed by atoms with E-state index in [2.05, 4.69) is 10.3 Å². The lowest BCUT2D eigenvalue weighted by Crippen LogP contribution is -2.26. The Labute approximate surface area is 136 Å². The molecule has 0 unspecified atom stereocenters. The van der Waals surface area contributed by atoms with E-state index in [0.717, 1.165) is 22.9 Å². The quantitative estimate of drug-likeness (QED) is 0.734. The van der Waals surface area contributed by atoms with E-state index in [9.17, 15) is 9.59 Å². The summed E-state index contributed by atoms with van der Waals surface area (Å²) in [4.78, 5) is 26.8. The summed E-state index contributed by atoms with van der Waals surface area (Å²) in [5.41, 5.74) is 2.46. The van der Waals surface area contributed by atoms with Crippen molar-refractivity contribution in [1.29, 1.82) is 0 Å². The van der Waals surface area contributed by atoms with Gasteiger partial charge in [0.05, 0.1) is 0 Å². The zero-order valence-electron chi connectivity index (χ0n) is 13.8. The monoisotopic (exact) mass is 316 g/mol. The number of benzene rings is 1. The topological polar surface area (TPSA) is 71.2 Å². The van der Waals surface area contributed by atoms with Crippen LogP contribution in [0.1, 0.15) is 30.9 Å². The van der Waals surface area contributed by atoms with Crippen LogP contribution in [0, 0.1) is 6.92 Å². The molecular weight excluding hydrogens is 292 g/mol. The molecule has 5 nitrogen and oxygen atoms in total. The number of hydrogen-bond donors (Lipinski definition) is 2. The van der Waals surface area contributed by atoms with Crippen LogP contribution in [0.15, 0.2) is 29.1 Å². The molecule has 0 atom stereocenters. The van der Waals surface area contributed by atoms with Crippen LogP contribution >= 0.6 is 0 Å². The average Bonchev–Trinajstić information content (AvgIpc) is 2.52. The van der Waals surface area contributed by atoms with E-state index in [0.29, 0.717) is 38.2 Å². The number of H-pyrrole nitrogens is 1. The van der Waals surface area contributed by atoms with Gasteiger partial charge in [-0.1, -0.05) is 12.1 Å². The number of amides is 1. The summed E-state index contributed by atoms with van der Waals surface area (Å²) in [5, 5.41) is 3.83. The van der Waals surface area contributed by atoms with Gasteiger partial charge in [-0.2, -0.15) is 0 Å². The normalized spacial score (nSPS) is 10.9. The van der Waals surface area contributed by atoms with Crippen molar-refractivity contribution in [2.24, 2.45) is 0 Å². The van der Waals surface area contributed by atoms with E-state index in [-0.39, 0.29) is 11.5 Å². The van der Waals surface area contributed by atoms with Crippen LogP contribution in [0.2, 0.25) is 0 Å². The minimum absolute atomic E-state index is 0.0371. The van der Waals surface area contributed by atoms with Gasteiger partial charge >= 0.3 is 0 Å². The first kappa shape index (κ1) is 17.2. The smallest absolute Gasteiger partial charge is 0.251 e. The molecule has 1 amide bonds. The fourth-order valence-electron chi connectivity index (χ4n) is 2.43. The maximum atomic E-state index is 12.1. The minimum atomic E-state index is -0.118. The van der Waals surface area contributed by atoms with Gasteiger partial charge in [-0.15, -0.1) is 0 Å². The molecule has 2 rings (SSSR count). The highest BCUT2D eigenvalue weighted by molar-refractivity contribution is 5.80. The lowest BCUT2D eigenvalue weighted by Gasteiger charge is -2.06. The van der Waals surface area contributed by atoms with Crippen molar-refractivity contribution in [3.05, 3.63) is 45.7 Å². The number of carbonyl (C=O) groups is 1. The Kier molecular flexibility index (Phi) is 6.35. The van der Waals surface area contributed by atoms with Crippen molar-refractivity contribution in [3.63, 3.8) is 0 Å². The zero-order valence-corrected chi connectivity index (χ0v) is 13.8. The maximum absolute atomic E-state index is 12.1. The van der Waals surface area contributed by atoms with Crippen molar-refractivity contribution in [3.8, 4) is 0 Å². The van der Waals surface area contributed by atoms with Gasteiger partial charge in [0.15, 0.2) is 0 Å². The Morgan fingerprint density at radius 3 is 2.91 bits per heavy atom. The van der Waals surface area contributed by atoms with Gasteiger partial charge in [-0.25, -0.2) is 0 Å². The second-order valence-corrected chi connectivity index (χ2v) is 5.61. The number of hydrogen-bond acceptors (Lipinski definition) is 3. The molecule has 0 saturated carbocycles. The first-order chi connectivity index (χ1) is 11.1. The lowest BCUT2D eigenvalue weighted by molar-refractivity contribution is -0.121. The second-order valence-electron chi connectivity index (χ2n) is 5.61. The number of ether oxygens (including phenoxy) is 1. The van der Waals surface area contributed by atoms with Gasteiger partial charge in [0.25, 0.3) is 5.56 Å². The molecule has 0 bridgehead atoms. The summed E-state index contributed by atoms with van der Waals surface area (Å²) in [6.07, 6.45) is 1.56. The summed E-state index contributed by atoms with van der Waals surface area (Å²) in [6.45, 7) is 5.88. The van der Waals surface area contributed by atoms with Crippen molar-refractivity contribution >= 4 is 16.8 Å². The molecule has 0 spiro atoms. The van der Waals surface area contributed by atoms with Crippen molar-refractivity contribution < 1.29 is 9.53 Å². The molecule has 0 radical (unpaired) electrons. The largest absolute Gasteiger partial charge is 0.382 e. The summed E-state index contributed by atoms with van der Waals surface area (Å²) >= 11 is 0. The molecule has 0 aliphatic carbocycles. The van der Waals surface area contributed by atoms with Crippen LogP contribution in [-0.4, -0.2) is 30.6 Å². The Morgan fingerprint density at radius 1 is 1.30 bits per heavy atom. The predicted molar refractivity (Wildman–Crippen MR) is 91.7 cm³/mol. The van der Waals surface area contributed by atoms with E-state index in [1.54, 1.807) is 0 Å². The van der Waals surface area contributed by atoms with Gasteiger partial charge in [0, 0.05) is 37.3 Å². The third kappa shape index (κ3) is 5.21. The standard InChI is InChI=1S/C18H24N2O3/c1-3-23-10-4-9-19-17(21)8-7-15-12-14-6-5-13(2)11-16(14)20-18(15)22/h5-6,11-12H,3-4,7-10H2,1-2H3,(H,19,21)(H,20,22). The van der Waals surface area contributed by atoms with Crippen molar-refractivity contribution in [1.82, 2.24) is 10.3 Å². The summed E-state index contributed by atoms with van der Waals surface area (Å²) in [7, 11) is 0. The molecule has 2 N–H and O–H groups in total. The van der Waals surface area contributed by atoms with Crippen LogP contribution in [0.5, 0.6) is 0 Å². The van der Waals surface area contributed by atoms with Gasteiger partial charge in [-0.05, 0) is 49.8 Å². The number of fused-ring (bicyclic) bond motifs is 1. The van der Waals surface area contributed by atoms with E-state index >= 15 is 0 Å². The fraction of sp³-hybridized carbons (Fsp3) is 0.444. The summed E-state index contributed by atoms with van der Waals surface area (Å²) in [5.74, 6) is -0.0371. The Balaban J connectivity index is 1.89. The Morgan fingerprint density at radius 2 is 2.13 bits per heavy atom. The van der Waals surface area contributed by atoms with Gasteiger partial charge in [0.2, 0.25) is 5.91 Å². The van der Waals surface area contributed by atoms with Crippen LogP contribution in [0.25, 0.3) is 10.9 Å². The highest BCUT2D eigenvalue weighted by Gasteiger charge is 2.07. The van der Waals surface area contributed by atoms with E-state index < -0.39 is 0 Å². The molecular formula is C18H24N2O3. The number of rotatable bonds is 8. The van der Waals surface area contributed by atoms with Gasteiger partial charge in [0.1, 0.15) is 0 Å². The molecule has 23 heavy (non-hydrogen) atoms. The number of nitrogens with one attached hydrogen (secondary N) is 2. The fourth-order valence-corrected chi connectivity index (χ4v) is 2.43. The second kappa shape index (κ2) is 8.48. The van der Waals surface area contributed by atoms with Crippen molar-refractivity contribution in [2.45, 2.75) is 33.1 Å². The van der Waals surface area contributed by atoms with Gasteiger partial charge < -0.3 is 15.0 Å². The SMILES string of the molecule is CCOCCCNC(=O)CCc1cc2ccc(C)cc2[nH]c1=O. The molecule has 0 fully saturated rings. The van der Waals surface area contributed by atoms with Gasteiger partial charge in [-0.3, -0.25) is 9.59 Å². The number of aromatic amines is 1. The molecule has 5 heteroatoms. The third-order valence-electron chi connectivity index (χ3n) is 3.69. The first-order valence-electron chi connectivity index (χ1n) is 8.07. The van der Waals surface area contributed by atoms with E-state index in [4.69, 9.17) is 4.74 Å². The third-order valence-corrected chi connectivity index (χ3v) is 3.69. The van der Waals surface area contributed by atoms with E-state index in [1.807, 2.05) is 38.1 Å². The molecule has 124 valence electrons. The number of aryl methyl sites for hydroxylation is 2. The average molecular weight is 316 g/mol. The predicted octanol–water partition coefficient (Wildman–Crippen LogP) is 2.31. The van der Waals surface area contributed by atoms with Crippen LogP contribution in [0.4, 0.5) is 0 Å². The Bertz CT molecular complexity index is 722. The number of pyridine rings is 1. The zero-order chi connectivity index (χ0) is 16.7. The molecule has 1 heterocycles. The lowest BCUT2D eigenvalue weighted by atomic mass is 10.1. The van der Waals surface area contributed by atoms with Crippen LogP contribution < -0.4 is 10.9 Å². The molecule has 0 saturated heterocycles. The first-order valence-corrected chi connectivity index (χ1v) is 8.07. The van der Waals surface area contributed by atoms with E-state index in [1.165, 1.54) is 0 Å². The van der Waals surface area contributed by atoms with Crippen LogP contribution in [0.3, 0.4) is 0 Å². The molecule has 1 aromatic heterocycles. The molecule has 1 aromatic carbocycles. The number of carbonyl (C=O) groups excluding carboxylic acids is 1. The summed E-state index contributed by atoms with van der Waals surface area (Å²) < 4.78 is 5.21. The van der Waals surface area contributed by atoms with Crippen molar-refractivity contribution in [2.75, 3.05) is 19.8 Å². The number of aromatic nitrogens is 1. The molecule has 2 aromatic rings. The van der Waals surface area contributed by atoms with Crippen LogP contribution in [-0.2, 0) is 16.0 Å². The Hall–Kier alpha value is -2.14. The highest BCUT2D eigenvalue weighted by atomic mass is 16.5. The highest BCUT2D eigenvalue weighted by Crippen LogP contribution is 2.13. The molecule has 0 aliphatic rings. The molecule has 0 aliphatic heterocycles.